The predicted octanol–water partition coefficient (Wildman–Crippen LogP) is 2.54. The number of nitrogens with two attached hydrogens (primary N) is 1. The average Bonchev–Trinajstić information content (AvgIpc) is 2.69. The molecule has 0 aliphatic carbocycles. The van der Waals surface area contributed by atoms with Crippen LogP contribution in [0.3, 0.4) is 0 Å². The van der Waals surface area contributed by atoms with Gasteiger partial charge in [-0.25, -0.2) is 0 Å². The van der Waals surface area contributed by atoms with Crippen molar-refractivity contribution in [2.45, 2.75) is 58.3 Å². The number of carbonyl (C=O) groups excluding carboxylic acids is 1. The minimum absolute atomic E-state index is 0.312. The van der Waals surface area contributed by atoms with Gasteiger partial charge in [0.05, 0.1) is 0 Å². The Bertz CT molecular complexity index is 218. The summed E-state index contributed by atoms with van der Waals surface area (Å²) in [5.74, 6) is 0.721. The Labute approximate surface area is 106 Å². The van der Waals surface area contributed by atoms with Crippen molar-refractivity contribution in [3.05, 3.63) is 0 Å². The molecule has 1 fully saturated rings. The molecule has 1 unspecified atom stereocenters. The fraction of sp³-hybridized carbons (Fsp3) is 0.929. The molecule has 100 valence electrons. The molecule has 1 rings (SSSR count). The first-order valence-electron chi connectivity index (χ1n) is 7.25. The number of nitrogens with zero attached hydrogens (tertiary/aromatic N) is 1. The largest absolute Gasteiger partial charge is 0.342 e. The van der Waals surface area contributed by atoms with Crippen LogP contribution in [0, 0.1) is 5.92 Å². The molecule has 0 aromatic rings. The van der Waals surface area contributed by atoms with E-state index in [0.29, 0.717) is 24.8 Å². The highest BCUT2D eigenvalue weighted by Crippen LogP contribution is 2.17. The number of rotatable bonds is 9. The molecule has 1 heterocycles. The van der Waals surface area contributed by atoms with Gasteiger partial charge in [0, 0.05) is 19.5 Å². The summed E-state index contributed by atoms with van der Waals surface area (Å²) < 4.78 is 0. The normalized spacial score (nSPS) is 20.2. The minimum atomic E-state index is 0.312. The Morgan fingerprint density at radius 3 is 2.41 bits per heavy atom. The second-order valence-corrected chi connectivity index (χ2v) is 5.27. The maximum atomic E-state index is 11.6. The zero-order chi connectivity index (χ0) is 12.5. The molecular weight excluding hydrogens is 212 g/mol. The van der Waals surface area contributed by atoms with Crippen molar-refractivity contribution in [2.24, 2.45) is 11.7 Å². The van der Waals surface area contributed by atoms with Crippen LogP contribution in [0.4, 0.5) is 0 Å². The van der Waals surface area contributed by atoms with Crippen LogP contribution in [0.2, 0.25) is 0 Å². The highest BCUT2D eigenvalue weighted by Gasteiger charge is 2.27. The standard InChI is InChI=1S/C14H28N2O/c1-2-3-4-5-6-7-8-9-16-12-13(11-15)10-14(16)17/h13H,2-12,15H2,1H3. The van der Waals surface area contributed by atoms with Crippen molar-refractivity contribution in [3.63, 3.8) is 0 Å². The zero-order valence-electron chi connectivity index (χ0n) is 11.3. The van der Waals surface area contributed by atoms with Crippen LogP contribution < -0.4 is 5.73 Å². The van der Waals surface area contributed by atoms with E-state index in [9.17, 15) is 4.79 Å². The summed E-state index contributed by atoms with van der Waals surface area (Å²) in [4.78, 5) is 13.6. The zero-order valence-corrected chi connectivity index (χ0v) is 11.3. The van der Waals surface area contributed by atoms with E-state index >= 15 is 0 Å². The third kappa shape index (κ3) is 5.53. The number of carbonyl (C=O) groups is 1. The molecule has 2 N–H and O–H groups in total. The monoisotopic (exact) mass is 240 g/mol. The summed E-state index contributed by atoms with van der Waals surface area (Å²) in [7, 11) is 0. The van der Waals surface area contributed by atoms with E-state index in [1.54, 1.807) is 0 Å². The summed E-state index contributed by atoms with van der Waals surface area (Å²) >= 11 is 0. The minimum Gasteiger partial charge on any atom is -0.342 e. The highest BCUT2D eigenvalue weighted by atomic mass is 16.2. The van der Waals surface area contributed by atoms with Gasteiger partial charge >= 0.3 is 0 Å². The summed E-state index contributed by atoms with van der Waals surface area (Å²) in [5.41, 5.74) is 5.60. The quantitative estimate of drug-likeness (QED) is 0.630. The van der Waals surface area contributed by atoms with Gasteiger partial charge in [0.2, 0.25) is 5.91 Å². The topological polar surface area (TPSA) is 46.3 Å². The third-order valence-electron chi connectivity index (χ3n) is 3.66. The molecule has 0 aromatic heterocycles. The summed E-state index contributed by atoms with van der Waals surface area (Å²) in [6.07, 6.45) is 9.82. The Hall–Kier alpha value is -0.570. The smallest absolute Gasteiger partial charge is 0.222 e. The molecule has 0 radical (unpaired) electrons. The Balaban J connectivity index is 1.98. The van der Waals surface area contributed by atoms with Gasteiger partial charge in [-0.15, -0.1) is 0 Å². The lowest BCUT2D eigenvalue weighted by Crippen LogP contribution is -2.27. The number of likely N-dealkylation sites (tertiary alicyclic amines) is 1. The van der Waals surface area contributed by atoms with Crippen molar-refractivity contribution in [2.75, 3.05) is 19.6 Å². The average molecular weight is 240 g/mol. The van der Waals surface area contributed by atoms with E-state index in [1.807, 2.05) is 4.90 Å². The van der Waals surface area contributed by atoms with Gasteiger partial charge in [0.1, 0.15) is 0 Å². The van der Waals surface area contributed by atoms with Gasteiger partial charge in [-0.05, 0) is 18.9 Å². The maximum absolute atomic E-state index is 11.6. The fourth-order valence-corrected chi connectivity index (χ4v) is 2.49. The molecular formula is C14H28N2O. The van der Waals surface area contributed by atoms with E-state index in [0.717, 1.165) is 19.5 Å². The second-order valence-electron chi connectivity index (χ2n) is 5.27. The lowest BCUT2D eigenvalue weighted by atomic mass is 10.1. The SMILES string of the molecule is CCCCCCCCCN1CC(CN)CC1=O. The fourth-order valence-electron chi connectivity index (χ4n) is 2.49. The first-order chi connectivity index (χ1) is 8.27. The van der Waals surface area contributed by atoms with Gasteiger partial charge < -0.3 is 10.6 Å². The molecule has 0 aromatic carbocycles. The van der Waals surface area contributed by atoms with Crippen LogP contribution in [-0.4, -0.2) is 30.4 Å². The molecule has 17 heavy (non-hydrogen) atoms. The molecule has 0 bridgehead atoms. The van der Waals surface area contributed by atoms with Crippen molar-refractivity contribution in [1.29, 1.82) is 0 Å². The van der Waals surface area contributed by atoms with Gasteiger partial charge in [0.25, 0.3) is 0 Å². The molecule has 0 spiro atoms. The van der Waals surface area contributed by atoms with Gasteiger partial charge in [-0.2, -0.15) is 0 Å². The van der Waals surface area contributed by atoms with Crippen LogP contribution in [0.5, 0.6) is 0 Å². The number of amides is 1. The maximum Gasteiger partial charge on any atom is 0.222 e. The van der Waals surface area contributed by atoms with E-state index < -0.39 is 0 Å². The lowest BCUT2D eigenvalue weighted by molar-refractivity contribution is -0.127. The predicted molar refractivity (Wildman–Crippen MR) is 71.7 cm³/mol. The van der Waals surface area contributed by atoms with E-state index in [1.165, 1.54) is 38.5 Å². The molecule has 1 amide bonds. The summed E-state index contributed by atoms with van der Waals surface area (Å²) in [6.45, 7) is 4.74. The highest BCUT2D eigenvalue weighted by molar-refractivity contribution is 5.78. The molecule has 1 aliphatic rings. The molecule has 3 nitrogen and oxygen atoms in total. The van der Waals surface area contributed by atoms with Crippen molar-refractivity contribution in [3.8, 4) is 0 Å². The van der Waals surface area contributed by atoms with Gasteiger partial charge in [0.15, 0.2) is 0 Å². The van der Waals surface area contributed by atoms with Crippen molar-refractivity contribution < 1.29 is 4.79 Å². The van der Waals surface area contributed by atoms with Crippen LogP contribution >= 0.6 is 0 Å². The first kappa shape index (κ1) is 14.5. The summed E-state index contributed by atoms with van der Waals surface area (Å²) in [6, 6.07) is 0. The van der Waals surface area contributed by atoms with Crippen LogP contribution in [-0.2, 0) is 4.79 Å². The van der Waals surface area contributed by atoms with E-state index in [4.69, 9.17) is 5.73 Å². The van der Waals surface area contributed by atoms with Crippen LogP contribution in [0.25, 0.3) is 0 Å². The van der Waals surface area contributed by atoms with Crippen molar-refractivity contribution >= 4 is 5.91 Å². The van der Waals surface area contributed by atoms with Gasteiger partial charge in [-0.3, -0.25) is 4.79 Å². The Morgan fingerprint density at radius 2 is 1.82 bits per heavy atom. The molecule has 0 saturated carbocycles. The van der Waals surface area contributed by atoms with E-state index in [2.05, 4.69) is 6.92 Å². The van der Waals surface area contributed by atoms with Crippen LogP contribution in [0.15, 0.2) is 0 Å². The number of hydrogen-bond donors (Lipinski definition) is 1. The Kier molecular flexibility index (Phi) is 7.25. The summed E-state index contributed by atoms with van der Waals surface area (Å²) in [5, 5.41) is 0. The van der Waals surface area contributed by atoms with E-state index in [-0.39, 0.29) is 0 Å². The number of unbranched alkanes of at least 4 members (excludes halogenated alkanes) is 6. The molecule has 1 atom stereocenters. The van der Waals surface area contributed by atoms with Crippen LogP contribution in [0.1, 0.15) is 58.3 Å². The number of hydrogen-bond acceptors (Lipinski definition) is 2. The molecule has 1 aliphatic heterocycles. The second kappa shape index (κ2) is 8.51. The lowest BCUT2D eigenvalue weighted by Gasteiger charge is -2.16. The first-order valence-corrected chi connectivity index (χ1v) is 7.25. The Morgan fingerprint density at radius 1 is 1.18 bits per heavy atom. The van der Waals surface area contributed by atoms with Crippen molar-refractivity contribution in [1.82, 2.24) is 4.90 Å². The van der Waals surface area contributed by atoms with Gasteiger partial charge in [-0.1, -0.05) is 45.4 Å². The third-order valence-corrected chi connectivity index (χ3v) is 3.66. The molecule has 3 heteroatoms. The molecule has 1 saturated heterocycles.